The smallest absolute Gasteiger partial charge is 0.258 e. The maximum Gasteiger partial charge on any atom is 0.258 e. The highest BCUT2D eigenvalue weighted by Crippen LogP contribution is 2.19. The van der Waals surface area contributed by atoms with Crippen LogP contribution in [0.2, 0.25) is 0 Å². The van der Waals surface area contributed by atoms with Gasteiger partial charge in [0.25, 0.3) is 5.91 Å². The van der Waals surface area contributed by atoms with E-state index >= 15 is 0 Å². The largest absolute Gasteiger partial charge is 0.332 e. The molecule has 6 heteroatoms. The summed E-state index contributed by atoms with van der Waals surface area (Å²) >= 11 is 5.28. The average molecular weight is 391 g/mol. The number of hydrogen-bond acceptors (Lipinski definition) is 3. The van der Waals surface area contributed by atoms with Gasteiger partial charge < -0.3 is 10.6 Å². The van der Waals surface area contributed by atoms with Gasteiger partial charge in [-0.2, -0.15) is 0 Å². The van der Waals surface area contributed by atoms with Gasteiger partial charge in [-0.1, -0.05) is 56.3 Å². The number of thiocarbonyl (C=S) groups is 1. The van der Waals surface area contributed by atoms with E-state index in [0.717, 1.165) is 10.8 Å². The number of benzene rings is 3. The fourth-order valence-electron chi connectivity index (χ4n) is 2.72. The van der Waals surface area contributed by atoms with Crippen molar-refractivity contribution in [2.45, 2.75) is 13.8 Å². The number of nitrogens with one attached hydrogen (secondary N) is 3. The number of amides is 2. The second-order valence-corrected chi connectivity index (χ2v) is 7.07. The molecule has 142 valence electrons. The van der Waals surface area contributed by atoms with Gasteiger partial charge in [-0.25, -0.2) is 0 Å². The van der Waals surface area contributed by atoms with E-state index in [1.807, 2.05) is 50.2 Å². The Bertz CT molecular complexity index is 1040. The SMILES string of the molecule is CC(C)C(=O)Nc1cccc(NC(=S)NC(=O)c2cccc3ccccc23)c1. The van der Waals surface area contributed by atoms with Crippen LogP contribution in [0.4, 0.5) is 11.4 Å². The quantitative estimate of drug-likeness (QED) is 0.570. The monoisotopic (exact) mass is 391 g/mol. The Balaban J connectivity index is 1.68. The van der Waals surface area contributed by atoms with Crippen LogP contribution < -0.4 is 16.0 Å². The Labute approximate surface area is 169 Å². The highest BCUT2D eigenvalue weighted by atomic mass is 32.1. The molecular weight excluding hydrogens is 370 g/mol. The van der Waals surface area contributed by atoms with Crippen LogP contribution in [-0.4, -0.2) is 16.9 Å². The minimum absolute atomic E-state index is 0.0658. The number of anilines is 2. The first-order chi connectivity index (χ1) is 13.4. The zero-order chi connectivity index (χ0) is 20.1. The van der Waals surface area contributed by atoms with Crippen molar-refractivity contribution < 1.29 is 9.59 Å². The van der Waals surface area contributed by atoms with Crippen LogP contribution in [0, 0.1) is 5.92 Å². The lowest BCUT2D eigenvalue weighted by atomic mass is 10.0. The maximum absolute atomic E-state index is 12.7. The van der Waals surface area contributed by atoms with E-state index in [4.69, 9.17) is 12.2 Å². The van der Waals surface area contributed by atoms with E-state index < -0.39 is 0 Å². The lowest BCUT2D eigenvalue weighted by Crippen LogP contribution is -2.34. The first-order valence-electron chi connectivity index (χ1n) is 8.95. The molecule has 0 unspecified atom stereocenters. The van der Waals surface area contributed by atoms with Crippen LogP contribution in [0.25, 0.3) is 10.8 Å². The molecule has 0 radical (unpaired) electrons. The number of fused-ring (bicyclic) bond motifs is 1. The molecule has 0 heterocycles. The average Bonchev–Trinajstić information content (AvgIpc) is 2.67. The van der Waals surface area contributed by atoms with Crippen molar-refractivity contribution in [2.24, 2.45) is 5.92 Å². The molecular formula is C22H21N3O2S. The second-order valence-electron chi connectivity index (χ2n) is 6.66. The molecule has 3 N–H and O–H groups in total. The van der Waals surface area contributed by atoms with Crippen LogP contribution in [0.5, 0.6) is 0 Å². The van der Waals surface area contributed by atoms with Gasteiger partial charge in [0.15, 0.2) is 5.11 Å². The molecule has 0 aliphatic heterocycles. The van der Waals surface area contributed by atoms with E-state index in [9.17, 15) is 9.59 Å². The molecule has 28 heavy (non-hydrogen) atoms. The molecule has 5 nitrogen and oxygen atoms in total. The van der Waals surface area contributed by atoms with Crippen molar-refractivity contribution in [3.05, 3.63) is 72.3 Å². The summed E-state index contributed by atoms with van der Waals surface area (Å²) in [5.41, 5.74) is 1.89. The predicted molar refractivity (Wildman–Crippen MR) is 118 cm³/mol. The summed E-state index contributed by atoms with van der Waals surface area (Å²) in [6.45, 7) is 3.66. The first-order valence-corrected chi connectivity index (χ1v) is 9.36. The topological polar surface area (TPSA) is 70.2 Å². The third-order valence-corrected chi connectivity index (χ3v) is 4.38. The maximum atomic E-state index is 12.7. The van der Waals surface area contributed by atoms with Crippen molar-refractivity contribution in [3.63, 3.8) is 0 Å². The molecule has 0 atom stereocenters. The third-order valence-electron chi connectivity index (χ3n) is 4.17. The summed E-state index contributed by atoms with van der Waals surface area (Å²) in [6.07, 6.45) is 0. The van der Waals surface area contributed by atoms with E-state index in [-0.39, 0.29) is 22.8 Å². The molecule has 3 rings (SSSR count). The summed E-state index contributed by atoms with van der Waals surface area (Å²) in [7, 11) is 0. The van der Waals surface area contributed by atoms with Gasteiger partial charge in [0.1, 0.15) is 0 Å². The highest BCUT2D eigenvalue weighted by Gasteiger charge is 2.12. The molecule has 3 aromatic carbocycles. The molecule has 0 aromatic heterocycles. The van der Waals surface area contributed by atoms with Gasteiger partial charge in [0, 0.05) is 22.9 Å². The van der Waals surface area contributed by atoms with Crippen molar-refractivity contribution in [2.75, 3.05) is 10.6 Å². The van der Waals surface area contributed by atoms with Crippen LogP contribution in [-0.2, 0) is 4.79 Å². The Morgan fingerprint density at radius 3 is 2.25 bits per heavy atom. The molecule has 3 aromatic rings. The molecule has 2 amide bonds. The molecule has 0 aliphatic carbocycles. The van der Waals surface area contributed by atoms with Gasteiger partial charge in [-0.3, -0.25) is 14.9 Å². The molecule has 0 saturated carbocycles. The fourth-order valence-corrected chi connectivity index (χ4v) is 2.93. The number of rotatable bonds is 4. The van der Waals surface area contributed by atoms with Crippen molar-refractivity contribution >= 4 is 51.3 Å². The zero-order valence-corrected chi connectivity index (χ0v) is 16.5. The van der Waals surface area contributed by atoms with Gasteiger partial charge in [-0.05, 0) is 47.3 Å². The van der Waals surface area contributed by atoms with Crippen LogP contribution >= 0.6 is 12.2 Å². The Morgan fingerprint density at radius 2 is 1.50 bits per heavy atom. The van der Waals surface area contributed by atoms with E-state index in [0.29, 0.717) is 16.9 Å². The minimum Gasteiger partial charge on any atom is -0.332 e. The standard InChI is InChI=1S/C22H21N3O2S/c1-14(2)20(26)23-16-9-6-10-17(13-16)24-22(28)25-21(27)19-12-5-8-15-7-3-4-11-18(15)19/h3-14H,1-2H3,(H,23,26)(H2,24,25,27,28). The van der Waals surface area contributed by atoms with Gasteiger partial charge in [-0.15, -0.1) is 0 Å². The minimum atomic E-state index is -0.279. The summed E-state index contributed by atoms with van der Waals surface area (Å²) in [5.74, 6) is -0.458. The van der Waals surface area contributed by atoms with Crippen LogP contribution in [0.1, 0.15) is 24.2 Å². The Morgan fingerprint density at radius 1 is 0.857 bits per heavy atom. The van der Waals surface area contributed by atoms with E-state index in [2.05, 4.69) is 16.0 Å². The summed E-state index contributed by atoms with van der Waals surface area (Å²) < 4.78 is 0. The van der Waals surface area contributed by atoms with Crippen LogP contribution in [0.3, 0.4) is 0 Å². The Hall–Kier alpha value is -3.25. The van der Waals surface area contributed by atoms with Gasteiger partial charge in [0.2, 0.25) is 5.91 Å². The van der Waals surface area contributed by atoms with Crippen molar-refractivity contribution in [1.29, 1.82) is 0 Å². The van der Waals surface area contributed by atoms with Gasteiger partial charge in [0.05, 0.1) is 0 Å². The fraction of sp³-hybridized carbons (Fsp3) is 0.136. The summed E-state index contributed by atoms with van der Waals surface area (Å²) in [6, 6.07) is 20.4. The molecule has 0 spiro atoms. The Kier molecular flexibility index (Phi) is 6.01. The molecule has 0 fully saturated rings. The first kappa shape index (κ1) is 19.5. The number of carbonyl (C=O) groups is 2. The normalized spacial score (nSPS) is 10.5. The predicted octanol–water partition coefficient (Wildman–Crippen LogP) is 4.56. The van der Waals surface area contributed by atoms with Gasteiger partial charge >= 0.3 is 0 Å². The van der Waals surface area contributed by atoms with E-state index in [1.54, 1.807) is 30.3 Å². The zero-order valence-electron chi connectivity index (χ0n) is 15.7. The molecule has 0 saturated heterocycles. The second kappa shape index (κ2) is 8.63. The third kappa shape index (κ3) is 4.72. The van der Waals surface area contributed by atoms with E-state index in [1.165, 1.54) is 0 Å². The molecule has 0 aliphatic rings. The highest BCUT2D eigenvalue weighted by molar-refractivity contribution is 7.80. The van der Waals surface area contributed by atoms with Crippen LogP contribution in [0.15, 0.2) is 66.7 Å². The number of carbonyl (C=O) groups excluding carboxylic acids is 2. The van der Waals surface area contributed by atoms with Crippen molar-refractivity contribution in [1.82, 2.24) is 5.32 Å². The molecule has 0 bridgehead atoms. The lowest BCUT2D eigenvalue weighted by Gasteiger charge is -2.13. The number of hydrogen-bond donors (Lipinski definition) is 3. The summed E-state index contributed by atoms with van der Waals surface area (Å²) in [5, 5.41) is 10.6. The van der Waals surface area contributed by atoms with Crippen molar-refractivity contribution in [3.8, 4) is 0 Å². The lowest BCUT2D eigenvalue weighted by molar-refractivity contribution is -0.118. The summed E-state index contributed by atoms with van der Waals surface area (Å²) in [4.78, 5) is 24.5.